The Bertz CT molecular complexity index is 540. The van der Waals surface area contributed by atoms with Crippen LogP contribution in [0.15, 0.2) is 29.2 Å². The van der Waals surface area contributed by atoms with Gasteiger partial charge in [0.05, 0.1) is 11.5 Å². The molecule has 1 aromatic carbocycles. The molecule has 5 nitrogen and oxygen atoms in total. The number of sulfonamides is 1. The predicted molar refractivity (Wildman–Crippen MR) is 78.1 cm³/mol. The SMILES string of the molecule is CC(C)COc1ccc(S(=O)(=O)N2CC[C@@H](N)C2)cc1. The van der Waals surface area contributed by atoms with Crippen molar-refractivity contribution in [2.75, 3.05) is 19.7 Å². The lowest BCUT2D eigenvalue weighted by Crippen LogP contribution is -2.31. The molecule has 1 saturated heterocycles. The monoisotopic (exact) mass is 298 g/mol. The molecule has 1 aliphatic rings. The minimum Gasteiger partial charge on any atom is -0.493 e. The van der Waals surface area contributed by atoms with Crippen LogP contribution in [0, 0.1) is 5.92 Å². The van der Waals surface area contributed by atoms with Gasteiger partial charge in [0.15, 0.2) is 0 Å². The van der Waals surface area contributed by atoms with E-state index in [0.717, 1.165) is 6.42 Å². The first kappa shape index (κ1) is 15.3. The van der Waals surface area contributed by atoms with Gasteiger partial charge in [-0.25, -0.2) is 8.42 Å². The maximum Gasteiger partial charge on any atom is 0.243 e. The molecule has 1 fully saturated rings. The van der Waals surface area contributed by atoms with E-state index in [4.69, 9.17) is 10.5 Å². The average Bonchev–Trinajstić information content (AvgIpc) is 2.84. The number of hydrogen-bond acceptors (Lipinski definition) is 4. The topological polar surface area (TPSA) is 72.6 Å². The van der Waals surface area contributed by atoms with E-state index in [0.29, 0.717) is 36.3 Å². The van der Waals surface area contributed by atoms with Crippen LogP contribution in [-0.2, 0) is 10.0 Å². The van der Waals surface area contributed by atoms with E-state index >= 15 is 0 Å². The number of rotatable bonds is 5. The number of ether oxygens (including phenoxy) is 1. The summed E-state index contributed by atoms with van der Waals surface area (Å²) in [6, 6.07) is 6.53. The normalized spacial score (nSPS) is 20.5. The van der Waals surface area contributed by atoms with Crippen LogP contribution in [0.25, 0.3) is 0 Å². The molecule has 0 radical (unpaired) electrons. The highest BCUT2D eigenvalue weighted by Crippen LogP contribution is 2.22. The number of benzene rings is 1. The molecule has 2 N–H and O–H groups in total. The summed E-state index contributed by atoms with van der Waals surface area (Å²) < 4.78 is 31.8. The number of hydrogen-bond donors (Lipinski definition) is 1. The first-order chi connectivity index (χ1) is 9.39. The number of nitrogens with zero attached hydrogens (tertiary/aromatic N) is 1. The van der Waals surface area contributed by atoms with Gasteiger partial charge in [0.25, 0.3) is 0 Å². The maximum absolute atomic E-state index is 12.4. The van der Waals surface area contributed by atoms with Crippen molar-refractivity contribution in [3.05, 3.63) is 24.3 Å². The smallest absolute Gasteiger partial charge is 0.243 e. The first-order valence-corrected chi connectivity index (χ1v) is 8.32. The van der Waals surface area contributed by atoms with Crippen LogP contribution < -0.4 is 10.5 Å². The summed E-state index contributed by atoms with van der Waals surface area (Å²) in [6.07, 6.45) is 0.717. The zero-order valence-corrected chi connectivity index (χ0v) is 12.8. The van der Waals surface area contributed by atoms with Gasteiger partial charge in [0.1, 0.15) is 5.75 Å². The lowest BCUT2D eigenvalue weighted by Gasteiger charge is -2.16. The van der Waals surface area contributed by atoms with Gasteiger partial charge in [0, 0.05) is 19.1 Å². The minimum atomic E-state index is -3.42. The second kappa shape index (κ2) is 6.11. The Morgan fingerprint density at radius 1 is 1.35 bits per heavy atom. The van der Waals surface area contributed by atoms with Crippen LogP contribution in [0.4, 0.5) is 0 Å². The third-order valence-corrected chi connectivity index (χ3v) is 5.11. The average molecular weight is 298 g/mol. The highest BCUT2D eigenvalue weighted by Gasteiger charge is 2.30. The van der Waals surface area contributed by atoms with E-state index in [1.54, 1.807) is 24.3 Å². The molecule has 0 saturated carbocycles. The minimum absolute atomic E-state index is 0.0570. The molecular formula is C14H22N2O3S. The number of nitrogens with two attached hydrogens (primary N) is 1. The van der Waals surface area contributed by atoms with Crippen molar-refractivity contribution in [1.29, 1.82) is 0 Å². The molecule has 0 amide bonds. The fourth-order valence-electron chi connectivity index (χ4n) is 2.09. The Morgan fingerprint density at radius 2 is 2.00 bits per heavy atom. The van der Waals surface area contributed by atoms with Gasteiger partial charge in [0.2, 0.25) is 10.0 Å². The summed E-state index contributed by atoms with van der Waals surface area (Å²) in [5.74, 6) is 1.13. The summed E-state index contributed by atoms with van der Waals surface area (Å²) in [5, 5.41) is 0. The van der Waals surface area contributed by atoms with E-state index in [2.05, 4.69) is 13.8 Å². The van der Waals surface area contributed by atoms with Crippen molar-refractivity contribution in [1.82, 2.24) is 4.31 Å². The highest BCUT2D eigenvalue weighted by molar-refractivity contribution is 7.89. The Kier molecular flexibility index (Phi) is 4.67. The molecule has 0 aliphatic carbocycles. The molecule has 112 valence electrons. The van der Waals surface area contributed by atoms with Crippen LogP contribution >= 0.6 is 0 Å². The van der Waals surface area contributed by atoms with Crippen molar-refractivity contribution in [2.45, 2.75) is 31.2 Å². The standard InChI is InChI=1S/C14H22N2O3S/c1-11(2)10-19-13-3-5-14(6-4-13)20(17,18)16-8-7-12(15)9-16/h3-6,11-12H,7-10,15H2,1-2H3/t12-/m1/s1. The van der Waals surface area contributed by atoms with Crippen LogP contribution in [0.1, 0.15) is 20.3 Å². The molecule has 0 bridgehead atoms. The molecule has 1 aliphatic heterocycles. The molecule has 1 atom stereocenters. The zero-order chi connectivity index (χ0) is 14.8. The molecule has 0 unspecified atom stereocenters. The van der Waals surface area contributed by atoms with Crippen molar-refractivity contribution < 1.29 is 13.2 Å². The van der Waals surface area contributed by atoms with E-state index < -0.39 is 10.0 Å². The second-order valence-electron chi connectivity index (χ2n) is 5.59. The summed E-state index contributed by atoms with van der Waals surface area (Å²) in [7, 11) is -3.42. The van der Waals surface area contributed by atoms with Crippen LogP contribution in [0.5, 0.6) is 5.75 Å². The Balaban J connectivity index is 2.09. The Labute approximate surface area is 120 Å². The summed E-state index contributed by atoms with van der Waals surface area (Å²) >= 11 is 0. The van der Waals surface area contributed by atoms with Crippen molar-refractivity contribution in [3.63, 3.8) is 0 Å². The lowest BCUT2D eigenvalue weighted by molar-refractivity contribution is 0.271. The molecule has 6 heteroatoms. The largest absolute Gasteiger partial charge is 0.493 e. The predicted octanol–water partition coefficient (Wildman–Crippen LogP) is 1.44. The van der Waals surface area contributed by atoms with Crippen molar-refractivity contribution in [2.24, 2.45) is 11.7 Å². The molecule has 20 heavy (non-hydrogen) atoms. The van der Waals surface area contributed by atoms with E-state index in [-0.39, 0.29) is 6.04 Å². The van der Waals surface area contributed by atoms with Gasteiger partial charge in [-0.15, -0.1) is 0 Å². The van der Waals surface area contributed by atoms with Gasteiger partial charge in [-0.3, -0.25) is 0 Å². The van der Waals surface area contributed by atoms with E-state index in [1.807, 2.05) is 0 Å². The molecular weight excluding hydrogens is 276 g/mol. The van der Waals surface area contributed by atoms with E-state index in [9.17, 15) is 8.42 Å². The molecule has 1 aromatic rings. The van der Waals surface area contributed by atoms with Gasteiger partial charge in [-0.2, -0.15) is 4.31 Å². The van der Waals surface area contributed by atoms with Gasteiger partial charge in [-0.05, 0) is 36.6 Å². The summed E-state index contributed by atoms with van der Waals surface area (Å²) in [6.45, 7) is 5.64. The molecule has 0 aromatic heterocycles. The highest BCUT2D eigenvalue weighted by atomic mass is 32.2. The third kappa shape index (κ3) is 3.50. The summed E-state index contributed by atoms with van der Waals surface area (Å²) in [4.78, 5) is 0.295. The molecule has 1 heterocycles. The van der Waals surface area contributed by atoms with E-state index in [1.165, 1.54) is 4.31 Å². The Morgan fingerprint density at radius 3 is 2.50 bits per heavy atom. The lowest BCUT2D eigenvalue weighted by atomic mass is 10.2. The molecule has 0 spiro atoms. The second-order valence-corrected chi connectivity index (χ2v) is 7.53. The fourth-order valence-corrected chi connectivity index (χ4v) is 3.60. The van der Waals surface area contributed by atoms with Gasteiger partial charge < -0.3 is 10.5 Å². The van der Waals surface area contributed by atoms with Gasteiger partial charge >= 0.3 is 0 Å². The maximum atomic E-state index is 12.4. The third-order valence-electron chi connectivity index (χ3n) is 3.23. The van der Waals surface area contributed by atoms with Crippen LogP contribution in [0.3, 0.4) is 0 Å². The summed E-state index contributed by atoms with van der Waals surface area (Å²) in [5.41, 5.74) is 5.77. The van der Waals surface area contributed by atoms with Crippen LogP contribution in [-0.4, -0.2) is 38.5 Å². The van der Waals surface area contributed by atoms with Crippen LogP contribution in [0.2, 0.25) is 0 Å². The first-order valence-electron chi connectivity index (χ1n) is 6.88. The van der Waals surface area contributed by atoms with Gasteiger partial charge in [-0.1, -0.05) is 13.8 Å². The quantitative estimate of drug-likeness (QED) is 0.893. The van der Waals surface area contributed by atoms with Crippen molar-refractivity contribution in [3.8, 4) is 5.75 Å². The van der Waals surface area contributed by atoms with Crippen molar-refractivity contribution >= 4 is 10.0 Å². The Hall–Kier alpha value is -1.11. The fraction of sp³-hybridized carbons (Fsp3) is 0.571. The molecule has 2 rings (SSSR count). The zero-order valence-electron chi connectivity index (χ0n) is 12.0.